The van der Waals surface area contributed by atoms with Crippen LogP contribution in [0, 0.1) is 0 Å². The van der Waals surface area contributed by atoms with E-state index >= 15 is 0 Å². The first-order chi connectivity index (χ1) is 18.3. The van der Waals surface area contributed by atoms with Gasteiger partial charge in [0.2, 0.25) is 0 Å². The van der Waals surface area contributed by atoms with Crippen molar-refractivity contribution < 1.29 is 14.3 Å². The van der Waals surface area contributed by atoms with Crippen LogP contribution in [0.4, 0.5) is 5.69 Å². The van der Waals surface area contributed by atoms with Crippen LogP contribution >= 0.6 is 58.2 Å². The second-order valence-corrected chi connectivity index (χ2v) is 10.7. The summed E-state index contributed by atoms with van der Waals surface area (Å²) in [6.45, 7) is 6.42. The zero-order valence-electron chi connectivity index (χ0n) is 20.2. The molecule has 1 saturated heterocycles. The van der Waals surface area contributed by atoms with E-state index < -0.39 is 0 Å². The van der Waals surface area contributed by atoms with Gasteiger partial charge in [0.05, 0.1) is 27.2 Å². The van der Waals surface area contributed by atoms with Crippen LogP contribution in [0.1, 0.15) is 23.6 Å². The van der Waals surface area contributed by atoms with Gasteiger partial charge in [-0.25, -0.2) is 4.99 Å². The third kappa shape index (κ3) is 6.87. The van der Waals surface area contributed by atoms with E-state index in [0.717, 1.165) is 16.7 Å². The molecule has 0 radical (unpaired) electrons. The van der Waals surface area contributed by atoms with Crippen molar-refractivity contribution in [1.82, 2.24) is 5.32 Å². The average molecular weight is 608 g/mol. The summed E-state index contributed by atoms with van der Waals surface area (Å²) in [5, 5.41) is 4.95. The Bertz CT molecular complexity index is 1460. The number of nitrogens with zero attached hydrogens (tertiary/aromatic N) is 1. The SMILES string of the molecule is C=CCc1cc(/C=C2/SC(=Nc3cccc(Cl)c3Cl)NC2=O)cc(OCC)c1OCc1ccc(Cl)cc1Cl. The predicted octanol–water partition coefficient (Wildman–Crippen LogP) is 8.90. The monoisotopic (exact) mass is 606 g/mol. The standard InChI is InChI=1S/C28H22Cl4N2O3S/c1-3-6-17-11-16(12-23(36-4-2)26(17)37-15-18-9-10-19(29)14-21(18)31)13-24-27(35)34-28(38-24)33-22-8-5-7-20(30)25(22)32/h3,5,7-14H,1,4,6,15H2,2H3,(H,33,34,35)/b24-13+. The van der Waals surface area contributed by atoms with Gasteiger partial charge in [-0.15, -0.1) is 6.58 Å². The minimum absolute atomic E-state index is 0.227. The quantitative estimate of drug-likeness (QED) is 0.195. The topological polar surface area (TPSA) is 59.9 Å². The Balaban J connectivity index is 1.64. The third-order valence-electron chi connectivity index (χ3n) is 5.31. The van der Waals surface area contributed by atoms with Crippen LogP contribution in [0.15, 0.2) is 71.1 Å². The van der Waals surface area contributed by atoms with E-state index in [1.807, 2.05) is 25.1 Å². The zero-order valence-corrected chi connectivity index (χ0v) is 24.0. The number of carbonyl (C=O) groups is 1. The number of aliphatic imine (C=N–C) groups is 1. The molecule has 1 heterocycles. The van der Waals surface area contributed by atoms with E-state index in [-0.39, 0.29) is 12.5 Å². The summed E-state index contributed by atoms with van der Waals surface area (Å²) in [7, 11) is 0. The minimum atomic E-state index is -0.271. The van der Waals surface area contributed by atoms with E-state index in [4.69, 9.17) is 55.9 Å². The van der Waals surface area contributed by atoms with Gasteiger partial charge < -0.3 is 14.8 Å². The smallest absolute Gasteiger partial charge is 0.264 e. The first-order valence-corrected chi connectivity index (χ1v) is 13.8. The lowest BCUT2D eigenvalue weighted by atomic mass is 10.0. The van der Waals surface area contributed by atoms with Crippen molar-refractivity contribution in [1.29, 1.82) is 0 Å². The molecule has 0 aromatic heterocycles. The molecule has 5 nitrogen and oxygen atoms in total. The number of amidine groups is 1. The van der Waals surface area contributed by atoms with E-state index in [1.54, 1.807) is 42.5 Å². The Labute approximate surface area is 245 Å². The van der Waals surface area contributed by atoms with Crippen LogP contribution < -0.4 is 14.8 Å². The molecule has 3 aromatic carbocycles. The molecule has 10 heteroatoms. The summed E-state index contributed by atoms with van der Waals surface area (Å²) < 4.78 is 12.1. The van der Waals surface area contributed by atoms with Gasteiger partial charge in [-0.2, -0.15) is 0 Å². The average Bonchev–Trinajstić information content (AvgIpc) is 3.21. The van der Waals surface area contributed by atoms with Gasteiger partial charge in [-0.05, 0) is 73.1 Å². The second-order valence-electron chi connectivity index (χ2n) is 8.01. The molecule has 4 rings (SSSR count). The van der Waals surface area contributed by atoms with Crippen molar-refractivity contribution in [2.45, 2.75) is 20.0 Å². The summed E-state index contributed by atoms with van der Waals surface area (Å²) in [6.07, 6.45) is 4.08. The number of rotatable bonds is 9. The van der Waals surface area contributed by atoms with E-state index in [0.29, 0.717) is 60.4 Å². The van der Waals surface area contributed by atoms with Crippen molar-refractivity contribution in [3.05, 3.63) is 103 Å². The van der Waals surface area contributed by atoms with Gasteiger partial charge in [0.15, 0.2) is 16.7 Å². The Morgan fingerprint density at radius 1 is 1.03 bits per heavy atom. The molecule has 0 atom stereocenters. The summed E-state index contributed by atoms with van der Waals surface area (Å²) in [5.41, 5.74) is 2.88. The zero-order chi connectivity index (χ0) is 27.2. The number of halogens is 4. The van der Waals surface area contributed by atoms with E-state index in [1.165, 1.54) is 11.8 Å². The van der Waals surface area contributed by atoms with Crippen LogP contribution in [-0.4, -0.2) is 17.7 Å². The number of ether oxygens (including phenoxy) is 2. The summed E-state index contributed by atoms with van der Waals surface area (Å²) in [6, 6.07) is 14.2. The van der Waals surface area contributed by atoms with Crippen LogP contribution in [0.5, 0.6) is 11.5 Å². The molecular formula is C28H22Cl4N2O3S. The first-order valence-electron chi connectivity index (χ1n) is 11.5. The minimum Gasteiger partial charge on any atom is -0.490 e. The Morgan fingerprint density at radius 3 is 2.58 bits per heavy atom. The van der Waals surface area contributed by atoms with Crippen LogP contribution in [-0.2, 0) is 17.8 Å². The van der Waals surface area contributed by atoms with Crippen molar-refractivity contribution in [3.8, 4) is 11.5 Å². The third-order valence-corrected chi connectivity index (χ3v) is 7.61. The van der Waals surface area contributed by atoms with Gasteiger partial charge in [0, 0.05) is 21.2 Å². The molecule has 0 aliphatic carbocycles. The normalized spacial score (nSPS) is 15.1. The highest BCUT2D eigenvalue weighted by atomic mass is 35.5. The molecule has 1 aliphatic rings. The van der Waals surface area contributed by atoms with Crippen molar-refractivity contribution in [2.24, 2.45) is 4.99 Å². The summed E-state index contributed by atoms with van der Waals surface area (Å²) in [4.78, 5) is 17.6. The maximum absolute atomic E-state index is 12.7. The molecule has 1 N–H and O–H groups in total. The lowest BCUT2D eigenvalue weighted by molar-refractivity contribution is -0.115. The maximum atomic E-state index is 12.7. The highest BCUT2D eigenvalue weighted by molar-refractivity contribution is 8.18. The number of carbonyl (C=O) groups excluding carboxylic acids is 1. The molecule has 1 aliphatic heterocycles. The van der Waals surface area contributed by atoms with Gasteiger partial charge in [0.1, 0.15) is 6.61 Å². The molecule has 196 valence electrons. The Hall–Kier alpha value is -2.61. The number of benzene rings is 3. The van der Waals surface area contributed by atoms with Gasteiger partial charge >= 0.3 is 0 Å². The maximum Gasteiger partial charge on any atom is 0.264 e. The van der Waals surface area contributed by atoms with Crippen molar-refractivity contribution in [3.63, 3.8) is 0 Å². The largest absolute Gasteiger partial charge is 0.490 e. The van der Waals surface area contributed by atoms with Crippen LogP contribution in [0.25, 0.3) is 6.08 Å². The Kier molecular flexibility index (Phi) is 9.69. The fourth-order valence-electron chi connectivity index (χ4n) is 3.61. The fourth-order valence-corrected chi connectivity index (χ4v) is 5.24. The summed E-state index contributed by atoms with van der Waals surface area (Å²) in [5.74, 6) is 0.862. The lowest BCUT2D eigenvalue weighted by Crippen LogP contribution is -2.19. The van der Waals surface area contributed by atoms with E-state index in [9.17, 15) is 4.79 Å². The number of hydrogen-bond acceptors (Lipinski definition) is 5. The second kappa shape index (κ2) is 13.0. The number of hydrogen-bond donors (Lipinski definition) is 1. The molecule has 0 saturated carbocycles. The van der Waals surface area contributed by atoms with Gasteiger partial charge in [-0.1, -0.05) is 64.6 Å². The first kappa shape index (κ1) is 28.4. The highest BCUT2D eigenvalue weighted by Crippen LogP contribution is 2.38. The van der Waals surface area contributed by atoms with E-state index in [2.05, 4.69) is 16.9 Å². The number of thioether (sulfide) groups is 1. The van der Waals surface area contributed by atoms with Crippen LogP contribution in [0.2, 0.25) is 20.1 Å². The summed E-state index contributed by atoms with van der Waals surface area (Å²) >= 11 is 25.9. The molecule has 38 heavy (non-hydrogen) atoms. The number of nitrogens with one attached hydrogen (secondary N) is 1. The highest BCUT2D eigenvalue weighted by Gasteiger charge is 2.25. The molecule has 0 unspecified atom stereocenters. The molecule has 3 aromatic rings. The molecule has 0 spiro atoms. The Morgan fingerprint density at radius 2 is 1.84 bits per heavy atom. The number of amides is 1. The van der Waals surface area contributed by atoms with Crippen LogP contribution in [0.3, 0.4) is 0 Å². The fraction of sp³-hybridized carbons (Fsp3) is 0.143. The molecular weight excluding hydrogens is 586 g/mol. The van der Waals surface area contributed by atoms with Crippen molar-refractivity contribution in [2.75, 3.05) is 6.61 Å². The van der Waals surface area contributed by atoms with Crippen molar-refractivity contribution >= 4 is 81.0 Å². The molecule has 1 fully saturated rings. The molecule has 0 bridgehead atoms. The predicted molar refractivity (Wildman–Crippen MR) is 160 cm³/mol. The molecule has 1 amide bonds. The van der Waals surface area contributed by atoms with Gasteiger partial charge in [0.25, 0.3) is 5.91 Å². The van der Waals surface area contributed by atoms with Gasteiger partial charge in [-0.3, -0.25) is 4.79 Å². The number of allylic oxidation sites excluding steroid dienone is 1. The lowest BCUT2D eigenvalue weighted by Gasteiger charge is -2.17.